The lowest BCUT2D eigenvalue weighted by atomic mass is 10.2. The zero-order chi connectivity index (χ0) is 16.5. The van der Waals surface area contributed by atoms with Gasteiger partial charge in [-0.2, -0.15) is 0 Å². The van der Waals surface area contributed by atoms with E-state index in [1.165, 1.54) is 0 Å². The zero-order valence-corrected chi connectivity index (χ0v) is 13.6. The highest BCUT2D eigenvalue weighted by Crippen LogP contribution is 2.11. The van der Waals surface area contributed by atoms with E-state index in [-0.39, 0.29) is 24.5 Å². The van der Waals surface area contributed by atoms with Gasteiger partial charge in [-0.15, -0.1) is 0 Å². The van der Waals surface area contributed by atoms with E-state index >= 15 is 0 Å². The summed E-state index contributed by atoms with van der Waals surface area (Å²) in [6, 6.07) is 7.14. The molecule has 1 aromatic carbocycles. The van der Waals surface area contributed by atoms with Crippen molar-refractivity contribution >= 4 is 17.5 Å². The number of anilines is 1. The summed E-state index contributed by atoms with van der Waals surface area (Å²) in [6.45, 7) is 4.17. The molecule has 1 unspecified atom stereocenters. The predicted molar refractivity (Wildman–Crippen MR) is 89.5 cm³/mol. The lowest BCUT2D eigenvalue weighted by Gasteiger charge is -2.12. The smallest absolute Gasteiger partial charge is 0.251 e. The molecule has 1 atom stereocenters. The van der Waals surface area contributed by atoms with Gasteiger partial charge < -0.3 is 20.7 Å². The van der Waals surface area contributed by atoms with Crippen LogP contribution in [0.3, 0.4) is 0 Å². The van der Waals surface area contributed by atoms with Crippen molar-refractivity contribution in [2.24, 2.45) is 0 Å². The molecule has 3 N–H and O–H groups in total. The second-order valence-corrected chi connectivity index (χ2v) is 5.63. The first-order valence-electron chi connectivity index (χ1n) is 8.19. The van der Waals surface area contributed by atoms with Crippen LogP contribution in [0.15, 0.2) is 24.3 Å². The van der Waals surface area contributed by atoms with Crippen LogP contribution >= 0.6 is 0 Å². The molecule has 1 aromatic rings. The highest BCUT2D eigenvalue weighted by atomic mass is 16.5. The highest BCUT2D eigenvalue weighted by Gasteiger charge is 2.16. The van der Waals surface area contributed by atoms with Crippen molar-refractivity contribution in [3.05, 3.63) is 29.8 Å². The molecule has 126 valence electrons. The maximum atomic E-state index is 11.9. The quantitative estimate of drug-likeness (QED) is 0.679. The van der Waals surface area contributed by atoms with E-state index in [9.17, 15) is 9.59 Å². The zero-order valence-electron chi connectivity index (χ0n) is 13.6. The van der Waals surface area contributed by atoms with E-state index in [1.54, 1.807) is 18.2 Å². The maximum Gasteiger partial charge on any atom is 0.251 e. The minimum atomic E-state index is -0.0988. The SMILES string of the molecule is CCCNC(=O)c1cccc(NCC(=O)NCC2CCCO2)c1. The fraction of sp³-hybridized carbons (Fsp3) is 0.529. The molecule has 1 aliphatic heterocycles. The van der Waals surface area contributed by atoms with Crippen LogP contribution < -0.4 is 16.0 Å². The van der Waals surface area contributed by atoms with Crippen molar-refractivity contribution in [3.8, 4) is 0 Å². The average Bonchev–Trinajstić information content (AvgIpc) is 3.09. The van der Waals surface area contributed by atoms with Gasteiger partial charge in [0, 0.05) is 30.9 Å². The first-order chi connectivity index (χ1) is 11.2. The third kappa shape index (κ3) is 5.90. The molecule has 0 spiro atoms. The van der Waals surface area contributed by atoms with E-state index in [1.807, 2.05) is 13.0 Å². The molecule has 0 aliphatic carbocycles. The number of benzene rings is 1. The minimum absolute atomic E-state index is 0.0821. The summed E-state index contributed by atoms with van der Waals surface area (Å²) in [5, 5.41) is 8.73. The summed E-state index contributed by atoms with van der Waals surface area (Å²) < 4.78 is 5.46. The molecule has 0 radical (unpaired) electrons. The van der Waals surface area contributed by atoms with Crippen molar-refractivity contribution in [1.29, 1.82) is 0 Å². The number of nitrogens with one attached hydrogen (secondary N) is 3. The Hall–Kier alpha value is -2.08. The first-order valence-corrected chi connectivity index (χ1v) is 8.19. The average molecular weight is 319 g/mol. The largest absolute Gasteiger partial charge is 0.376 e. The summed E-state index contributed by atoms with van der Waals surface area (Å²) in [6.07, 6.45) is 3.10. The standard InChI is InChI=1S/C17H25N3O3/c1-2-8-18-17(22)13-5-3-6-14(10-13)19-12-16(21)20-11-15-7-4-9-23-15/h3,5-6,10,15,19H,2,4,7-9,11-12H2,1H3,(H,18,22)(H,20,21). The number of amides is 2. The molecule has 6 nitrogen and oxygen atoms in total. The van der Waals surface area contributed by atoms with Crippen molar-refractivity contribution in [2.75, 3.05) is 31.6 Å². The van der Waals surface area contributed by atoms with Crippen molar-refractivity contribution in [3.63, 3.8) is 0 Å². The normalized spacial score (nSPS) is 16.8. The highest BCUT2D eigenvalue weighted by molar-refractivity contribution is 5.95. The van der Waals surface area contributed by atoms with Crippen LogP contribution in [0.1, 0.15) is 36.5 Å². The second kappa shape index (κ2) is 9.15. The molecular weight excluding hydrogens is 294 g/mol. The monoisotopic (exact) mass is 319 g/mol. The van der Waals surface area contributed by atoms with Crippen LogP contribution in [0.5, 0.6) is 0 Å². The molecule has 1 saturated heterocycles. The molecule has 0 aromatic heterocycles. The summed E-state index contributed by atoms with van der Waals surface area (Å²) in [4.78, 5) is 23.7. The number of carbonyl (C=O) groups is 2. The number of rotatable bonds is 8. The van der Waals surface area contributed by atoms with Crippen LogP contribution in [0, 0.1) is 0 Å². The van der Waals surface area contributed by atoms with Crippen molar-refractivity contribution < 1.29 is 14.3 Å². The van der Waals surface area contributed by atoms with Gasteiger partial charge in [-0.1, -0.05) is 13.0 Å². The lowest BCUT2D eigenvalue weighted by molar-refractivity contribution is -0.119. The fourth-order valence-corrected chi connectivity index (χ4v) is 2.39. The van der Waals surface area contributed by atoms with Crippen LogP contribution in [-0.4, -0.2) is 44.2 Å². The number of hydrogen-bond donors (Lipinski definition) is 3. The molecule has 6 heteroatoms. The van der Waals surface area contributed by atoms with Crippen LogP contribution in [-0.2, 0) is 9.53 Å². The molecular formula is C17H25N3O3. The van der Waals surface area contributed by atoms with Crippen LogP contribution in [0.2, 0.25) is 0 Å². The molecule has 0 bridgehead atoms. The third-order valence-electron chi connectivity index (χ3n) is 3.66. The minimum Gasteiger partial charge on any atom is -0.376 e. The maximum absolute atomic E-state index is 11.9. The molecule has 2 amide bonds. The Morgan fingerprint density at radius 2 is 2.17 bits per heavy atom. The molecule has 0 saturated carbocycles. The Labute approximate surface area is 137 Å². The summed E-state index contributed by atoms with van der Waals surface area (Å²) in [5.74, 6) is -0.181. The molecule has 1 aliphatic rings. The van der Waals surface area contributed by atoms with Gasteiger partial charge in [0.05, 0.1) is 12.6 Å². The van der Waals surface area contributed by atoms with Gasteiger partial charge in [-0.25, -0.2) is 0 Å². The first kappa shape index (κ1) is 17.3. The number of ether oxygens (including phenoxy) is 1. The van der Waals surface area contributed by atoms with Gasteiger partial charge in [0.15, 0.2) is 0 Å². The Balaban J connectivity index is 1.76. The molecule has 1 fully saturated rings. The van der Waals surface area contributed by atoms with Gasteiger partial charge in [0.1, 0.15) is 0 Å². The summed E-state index contributed by atoms with van der Waals surface area (Å²) in [5.41, 5.74) is 1.34. The van der Waals surface area contributed by atoms with Crippen LogP contribution in [0.25, 0.3) is 0 Å². The van der Waals surface area contributed by atoms with Gasteiger partial charge >= 0.3 is 0 Å². The Kier molecular flexibility index (Phi) is 6.87. The summed E-state index contributed by atoms with van der Waals surface area (Å²) in [7, 11) is 0. The van der Waals surface area contributed by atoms with Crippen molar-refractivity contribution in [2.45, 2.75) is 32.3 Å². The Morgan fingerprint density at radius 3 is 2.91 bits per heavy atom. The topological polar surface area (TPSA) is 79.5 Å². The predicted octanol–water partition coefficient (Wildman–Crippen LogP) is 1.53. The third-order valence-corrected chi connectivity index (χ3v) is 3.66. The van der Waals surface area contributed by atoms with E-state index in [0.29, 0.717) is 18.7 Å². The molecule has 1 heterocycles. The number of carbonyl (C=O) groups excluding carboxylic acids is 2. The molecule has 2 rings (SSSR count). The van der Waals surface area contributed by atoms with Crippen molar-refractivity contribution in [1.82, 2.24) is 10.6 Å². The number of hydrogen-bond acceptors (Lipinski definition) is 4. The lowest BCUT2D eigenvalue weighted by Crippen LogP contribution is -2.35. The van der Waals surface area contributed by atoms with Gasteiger partial charge in [-0.05, 0) is 37.5 Å². The van der Waals surface area contributed by atoms with Gasteiger partial charge in [0.2, 0.25) is 5.91 Å². The van der Waals surface area contributed by atoms with Gasteiger partial charge in [-0.3, -0.25) is 9.59 Å². The molecule has 23 heavy (non-hydrogen) atoms. The summed E-state index contributed by atoms with van der Waals surface area (Å²) >= 11 is 0. The van der Waals surface area contributed by atoms with E-state index < -0.39 is 0 Å². The van der Waals surface area contributed by atoms with E-state index in [2.05, 4.69) is 16.0 Å². The van der Waals surface area contributed by atoms with Crippen LogP contribution in [0.4, 0.5) is 5.69 Å². The Bertz CT molecular complexity index is 528. The van der Waals surface area contributed by atoms with E-state index in [4.69, 9.17) is 4.74 Å². The Morgan fingerprint density at radius 1 is 1.30 bits per heavy atom. The fourth-order valence-electron chi connectivity index (χ4n) is 2.39. The second-order valence-electron chi connectivity index (χ2n) is 5.63. The van der Waals surface area contributed by atoms with Gasteiger partial charge in [0.25, 0.3) is 5.91 Å². The van der Waals surface area contributed by atoms with E-state index in [0.717, 1.165) is 31.6 Å².